The number of hydrogen-bond donors (Lipinski definition) is 1. The van der Waals surface area contributed by atoms with Crippen molar-refractivity contribution in [1.29, 1.82) is 0 Å². The summed E-state index contributed by atoms with van der Waals surface area (Å²) in [5.74, 6) is -1.47. The fourth-order valence-corrected chi connectivity index (χ4v) is 5.81. The van der Waals surface area contributed by atoms with Gasteiger partial charge in [-0.3, -0.25) is 19.0 Å². The summed E-state index contributed by atoms with van der Waals surface area (Å²) in [7, 11) is 1.70. The molecule has 9 heteroatoms. The Kier molecular flexibility index (Phi) is 5.04. The summed E-state index contributed by atoms with van der Waals surface area (Å²) in [5, 5.41) is 10.9. The van der Waals surface area contributed by atoms with Gasteiger partial charge >= 0.3 is 0 Å². The second-order valence-electron chi connectivity index (χ2n) is 9.45. The summed E-state index contributed by atoms with van der Waals surface area (Å²) >= 11 is 5.86. The first-order valence-electron chi connectivity index (χ1n) is 11.2. The van der Waals surface area contributed by atoms with E-state index in [1.165, 1.54) is 27.7 Å². The molecule has 174 valence electrons. The van der Waals surface area contributed by atoms with Crippen LogP contribution in [0.2, 0.25) is 5.02 Å². The molecule has 7 nitrogen and oxygen atoms in total. The van der Waals surface area contributed by atoms with Crippen molar-refractivity contribution in [2.24, 2.45) is 5.92 Å². The fraction of sp³-hybridized carbons (Fsp3) is 0.458. The van der Waals surface area contributed by atoms with Crippen molar-refractivity contribution >= 4 is 23.4 Å². The zero-order valence-electron chi connectivity index (χ0n) is 18.5. The van der Waals surface area contributed by atoms with Crippen LogP contribution in [0, 0.1) is 11.7 Å². The normalized spacial score (nSPS) is 24.4. The number of amides is 2. The third kappa shape index (κ3) is 3.10. The van der Waals surface area contributed by atoms with Gasteiger partial charge in [0.1, 0.15) is 17.2 Å². The molecule has 2 aliphatic heterocycles. The standard InChI is InChI=1S/C24H25ClFN3O4/c1-13-5-8-24(9-6-13)27(2)22(32)19-15-7-10-28(12-14-3-4-17(26)16(25)11-14)21(31)18(15)20(30)23(33)29(19)24/h3-4,11,13,30H,5-10,12H2,1-2H3. The van der Waals surface area contributed by atoms with E-state index in [0.29, 0.717) is 42.9 Å². The lowest BCUT2D eigenvalue weighted by Gasteiger charge is -2.42. The first kappa shape index (κ1) is 21.9. The molecule has 0 atom stereocenters. The first-order valence-corrected chi connectivity index (χ1v) is 11.6. The molecular weight excluding hydrogens is 449 g/mol. The van der Waals surface area contributed by atoms with Crippen LogP contribution in [0.15, 0.2) is 23.0 Å². The van der Waals surface area contributed by atoms with Gasteiger partial charge in [-0.2, -0.15) is 0 Å². The molecule has 1 fully saturated rings. The van der Waals surface area contributed by atoms with Crippen molar-refractivity contribution < 1.29 is 19.1 Å². The van der Waals surface area contributed by atoms with Gasteiger partial charge in [-0.25, -0.2) is 4.39 Å². The van der Waals surface area contributed by atoms with E-state index < -0.39 is 28.7 Å². The van der Waals surface area contributed by atoms with Gasteiger partial charge in [0.25, 0.3) is 17.4 Å². The first-order chi connectivity index (χ1) is 15.7. The summed E-state index contributed by atoms with van der Waals surface area (Å²) in [6.45, 7) is 2.59. The Morgan fingerprint density at radius 2 is 1.88 bits per heavy atom. The van der Waals surface area contributed by atoms with E-state index in [1.54, 1.807) is 11.9 Å². The summed E-state index contributed by atoms with van der Waals surface area (Å²) in [5.41, 5.74) is -0.319. The molecule has 5 rings (SSSR count). The van der Waals surface area contributed by atoms with E-state index in [4.69, 9.17) is 11.6 Å². The predicted molar refractivity (Wildman–Crippen MR) is 120 cm³/mol. The molecule has 1 spiro atoms. The number of carbonyl (C=O) groups is 2. The summed E-state index contributed by atoms with van der Waals surface area (Å²) in [6, 6.07) is 4.22. The lowest BCUT2D eigenvalue weighted by Crippen LogP contribution is -2.50. The van der Waals surface area contributed by atoms with Gasteiger partial charge in [-0.05, 0) is 55.7 Å². The highest BCUT2D eigenvalue weighted by molar-refractivity contribution is 6.30. The van der Waals surface area contributed by atoms with Crippen molar-refractivity contribution in [3.8, 4) is 5.75 Å². The topological polar surface area (TPSA) is 82.9 Å². The van der Waals surface area contributed by atoms with Gasteiger partial charge < -0.3 is 14.9 Å². The molecular formula is C24H25ClFN3O4. The van der Waals surface area contributed by atoms with Crippen molar-refractivity contribution in [1.82, 2.24) is 14.4 Å². The summed E-state index contributed by atoms with van der Waals surface area (Å²) in [6.07, 6.45) is 3.33. The molecule has 33 heavy (non-hydrogen) atoms. The molecule has 3 heterocycles. The number of hydrogen-bond acceptors (Lipinski definition) is 4. The second kappa shape index (κ2) is 7.58. The third-order valence-electron chi connectivity index (χ3n) is 7.57. The van der Waals surface area contributed by atoms with Crippen LogP contribution >= 0.6 is 11.6 Å². The molecule has 1 N–H and O–H groups in total. The van der Waals surface area contributed by atoms with Crippen molar-refractivity contribution in [2.75, 3.05) is 13.6 Å². The highest BCUT2D eigenvalue weighted by atomic mass is 35.5. The molecule has 1 saturated carbocycles. The zero-order chi connectivity index (χ0) is 23.7. The molecule has 0 bridgehead atoms. The van der Waals surface area contributed by atoms with Crippen LogP contribution in [0.5, 0.6) is 5.75 Å². The molecule has 1 aromatic carbocycles. The fourth-order valence-electron chi connectivity index (χ4n) is 5.60. The highest BCUT2D eigenvalue weighted by Gasteiger charge is 2.52. The van der Waals surface area contributed by atoms with E-state index in [-0.39, 0.29) is 28.7 Å². The number of fused-ring (bicyclic) bond motifs is 4. The lowest BCUT2D eigenvalue weighted by molar-refractivity contribution is 0.0181. The maximum atomic E-state index is 13.5. The number of aromatic hydroxyl groups is 1. The maximum absolute atomic E-state index is 13.5. The van der Waals surface area contributed by atoms with Gasteiger partial charge in [-0.15, -0.1) is 0 Å². The van der Waals surface area contributed by atoms with Crippen LogP contribution in [0.25, 0.3) is 0 Å². The van der Waals surface area contributed by atoms with Gasteiger partial charge in [0.2, 0.25) is 0 Å². The van der Waals surface area contributed by atoms with Gasteiger partial charge in [0.05, 0.1) is 10.6 Å². The average molecular weight is 474 g/mol. The van der Waals surface area contributed by atoms with E-state index in [2.05, 4.69) is 6.92 Å². The Morgan fingerprint density at radius 3 is 2.55 bits per heavy atom. The Labute approximate surface area is 195 Å². The number of benzene rings is 1. The van der Waals surface area contributed by atoms with Crippen LogP contribution in [0.3, 0.4) is 0 Å². The number of halogens is 2. The molecule has 0 unspecified atom stereocenters. The van der Waals surface area contributed by atoms with Crippen LogP contribution < -0.4 is 5.56 Å². The van der Waals surface area contributed by atoms with E-state index in [1.807, 2.05) is 0 Å². The smallest absolute Gasteiger partial charge is 0.296 e. The number of nitrogens with zero attached hydrogens (tertiary/aromatic N) is 3. The molecule has 3 aliphatic rings. The molecule has 1 aromatic heterocycles. The van der Waals surface area contributed by atoms with Crippen molar-refractivity contribution in [3.05, 3.63) is 61.8 Å². The number of aromatic nitrogens is 1. The second-order valence-corrected chi connectivity index (χ2v) is 9.85. The number of rotatable bonds is 2. The minimum Gasteiger partial charge on any atom is -0.502 e. The van der Waals surface area contributed by atoms with E-state index in [9.17, 15) is 23.9 Å². The SMILES string of the molecule is CC1CCC2(CC1)N(C)C(=O)c1c3c(c(O)c(=O)n12)C(=O)N(Cc1ccc(F)c(Cl)c1)CC3. The summed E-state index contributed by atoms with van der Waals surface area (Å²) in [4.78, 5) is 43.1. The van der Waals surface area contributed by atoms with Crippen molar-refractivity contribution in [3.63, 3.8) is 0 Å². The number of pyridine rings is 1. The minimum atomic E-state index is -0.798. The molecule has 2 amide bonds. The van der Waals surface area contributed by atoms with Gasteiger partial charge in [0.15, 0.2) is 5.75 Å². The zero-order valence-corrected chi connectivity index (χ0v) is 19.3. The van der Waals surface area contributed by atoms with E-state index >= 15 is 0 Å². The maximum Gasteiger partial charge on any atom is 0.296 e. The minimum absolute atomic E-state index is 0.0444. The Hall–Kier alpha value is -2.87. The molecule has 0 radical (unpaired) electrons. The quantitative estimate of drug-likeness (QED) is 0.723. The number of carbonyl (C=O) groups excluding carboxylic acids is 2. The van der Waals surface area contributed by atoms with Crippen molar-refractivity contribution in [2.45, 2.75) is 51.2 Å². The third-order valence-corrected chi connectivity index (χ3v) is 7.86. The average Bonchev–Trinajstić information content (AvgIpc) is 3.00. The Balaban J connectivity index is 1.58. The van der Waals surface area contributed by atoms with E-state index in [0.717, 1.165) is 12.8 Å². The predicted octanol–water partition coefficient (Wildman–Crippen LogP) is 3.49. The van der Waals surface area contributed by atoms with Crippen LogP contribution in [0.1, 0.15) is 64.6 Å². The lowest BCUT2D eigenvalue weighted by atomic mass is 9.82. The van der Waals surface area contributed by atoms with Crippen LogP contribution in [-0.2, 0) is 18.6 Å². The molecule has 1 aliphatic carbocycles. The monoisotopic (exact) mass is 473 g/mol. The highest BCUT2D eigenvalue weighted by Crippen LogP contribution is 2.46. The Bertz CT molecular complexity index is 1250. The summed E-state index contributed by atoms with van der Waals surface area (Å²) < 4.78 is 15.0. The van der Waals surface area contributed by atoms with Gasteiger partial charge in [0, 0.05) is 25.7 Å². The van der Waals surface area contributed by atoms with Gasteiger partial charge in [-0.1, -0.05) is 24.6 Å². The Morgan fingerprint density at radius 1 is 1.18 bits per heavy atom. The van der Waals surface area contributed by atoms with Crippen LogP contribution in [0.4, 0.5) is 4.39 Å². The molecule has 0 saturated heterocycles. The molecule has 2 aromatic rings. The van der Waals surface area contributed by atoms with Crippen LogP contribution in [-0.4, -0.2) is 44.9 Å². The largest absolute Gasteiger partial charge is 0.502 e.